The van der Waals surface area contributed by atoms with E-state index in [9.17, 15) is 14.7 Å². The van der Waals surface area contributed by atoms with Crippen LogP contribution in [0.1, 0.15) is 36.9 Å². The summed E-state index contributed by atoms with van der Waals surface area (Å²) >= 11 is 0. The van der Waals surface area contributed by atoms with Crippen molar-refractivity contribution in [3.05, 3.63) is 35.4 Å². The number of carboxylic acid groups (broad SMARTS) is 1. The second-order valence-electron chi connectivity index (χ2n) is 5.32. The van der Waals surface area contributed by atoms with E-state index in [4.69, 9.17) is 5.11 Å². The van der Waals surface area contributed by atoms with Crippen LogP contribution in [0.2, 0.25) is 0 Å². The van der Waals surface area contributed by atoms with Gasteiger partial charge in [0.2, 0.25) is 0 Å². The van der Waals surface area contributed by atoms with E-state index in [1.54, 1.807) is 0 Å². The zero-order chi connectivity index (χ0) is 15.4. The minimum absolute atomic E-state index is 0.126. The second-order valence-corrected chi connectivity index (χ2v) is 5.32. The fourth-order valence-corrected chi connectivity index (χ4v) is 2.63. The highest BCUT2D eigenvalue weighted by molar-refractivity contribution is 5.83. The minimum atomic E-state index is -1.32. The Morgan fingerprint density at radius 3 is 2.71 bits per heavy atom. The number of rotatable bonds is 4. The first-order valence-corrected chi connectivity index (χ1v) is 7.04. The molecule has 2 rings (SSSR count). The predicted octanol–water partition coefficient (Wildman–Crippen LogP) is 1.20. The average Bonchev–Trinajstić information content (AvgIpc) is 2.44. The van der Waals surface area contributed by atoms with Crippen molar-refractivity contribution in [3.63, 3.8) is 0 Å². The molecule has 3 unspecified atom stereocenters. The maximum absolute atomic E-state index is 11.9. The van der Waals surface area contributed by atoms with E-state index >= 15 is 0 Å². The van der Waals surface area contributed by atoms with Gasteiger partial charge in [-0.25, -0.2) is 9.59 Å². The minimum Gasteiger partial charge on any atom is -0.480 e. The van der Waals surface area contributed by atoms with Crippen LogP contribution in [0.25, 0.3) is 0 Å². The summed E-state index contributed by atoms with van der Waals surface area (Å²) < 4.78 is 0. The van der Waals surface area contributed by atoms with Crippen molar-refractivity contribution in [1.29, 1.82) is 0 Å². The van der Waals surface area contributed by atoms with Crippen LogP contribution in [0.5, 0.6) is 0 Å². The van der Waals surface area contributed by atoms with Crippen LogP contribution >= 0.6 is 0 Å². The molecule has 0 aliphatic heterocycles. The Labute approximate surface area is 123 Å². The molecule has 0 radical (unpaired) electrons. The molecule has 0 aromatic heterocycles. The van der Waals surface area contributed by atoms with Crippen molar-refractivity contribution in [1.82, 2.24) is 10.6 Å². The Hall–Kier alpha value is -2.08. The van der Waals surface area contributed by atoms with Gasteiger partial charge in [-0.3, -0.25) is 0 Å². The Balaban J connectivity index is 2.02. The van der Waals surface area contributed by atoms with Crippen LogP contribution in [-0.4, -0.2) is 34.4 Å². The Morgan fingerprint density at radius 1 is 1.33 bits per heavy atom. The van der Waals surface area contributed by atoms with Crippen LogP contribution in [0.15, 0.2) is 24.3 Å². The molecule has 0 heterocycles. The van der Waals surface area contributed by atoms with Gasteiger partial charge in [0.15, 0.2) is 6.04 Å². The highest BCUT2D eigenvalue weighted by Gasteiger charge is 2.27. The first kappa shape index (κ1) is 15.3. The summed E-state index contributed by atoms with van der Waals surface area (Å²) in [5.74, 6) is -1.26. The van der Waals surface area contributed by atoms with Crippen LogP contribution in [0.3, 0.4) is 0 Å². The lowest BCUT2D eigenvalue weighted by Crippen LogP contribution is -2.51. The normalized spacial score (nSPS) is 20.0. The molecule has 6 nitrogen and oxygen atoms in total. The lowest BCUT2D eigenvalue weighted by Gasteiger charge is -2.27. The molecule has 0 saturated carbocycles. The lowest BCUT2D eigenvalue weighted by atomic mass is 9.88. The van der Waals surface area contributed by atoms with Crippen LogP contribution in [-0.2, 0) is 11.2 Å². The quantitative estimate of drug-likeness (QED) is 0.670. The number of hydrogen-bond donors (Lipinski definition) is 4. The van der Waals surface area contributed by atoms with E-state index < -0.39 is 24.1 Å². The fourth-order valence-electron chi connectivity index (χ4n) is 2.63. The van der Waals surface area contributed by atoms with Crippen molar-refractivity contribution < 1.29 is 19.8 Å². The molecule has 1 aromatic rings. The maximum Gasteiger partial charge on any atom is 0.328 e. The van der Waals surface area contributed by atoms with Gasteiger partial charge in [-0.1, -0.05) is 24.3 Å². The molecule has 0 saturated heterocycles. The number of fused-ring (bicyclic) bond motifs is 1. The third-order valence-corrected chi connectivity index (χ3v) is 3.71. The lowest BCUT2D eigenvalue weighted by molar-refractivity contribution is -0.141. The third kappa shape index (κ3) is 3.72. The number of urea groups is 1. The van der Waals surface area contributed by atoms with Gasteiger partial charge in [-0.15, -0.1) is 0 Å². The molecule has 0 fully saturated rings. The number of aliphatic hydroxyl groups excluding tert-OH is 1. The monoisotopic (exact) mass is 292 g/mol. The van der Waals surface area contributed by atoms with E-state index in [0.717, 1.165) is 24.8 Å². The smallest absolute Gasteiger partial charge is 0.328 e. The Bertz CT molecular complexity index is 530. The maximum atomic E-state index is 11.9. The number of carboxylic acids is 1. The van der Waals surface area contributed by atoms with Crippen LogP contribution in [0, 0.1) is 0 Å². The highest BCUT2D eigenvalue weighted by Crippen LogP contribution is 2.29. The van der Waals surface area contributed by atoms with Gasteiger partial charge in [0, 0.05) is 0 Å². The molecule has 1 aliphatic carbocycles. The number of aliphatic carboxylic acids is 1. The summed E-state index contributed by atoms with van der Waals surface area (Å²) in [7, 11) is 0. The molecule has 114 valence electrons. The topological polar surface area (TPSA) is 98.7 Å². The van der Waals surface area contributed by atoms with E-state index in [-0.39, 0.29) is 6.04 Å². The summed E-state index contributed by atoms with van der Waals surface area (Å²) in [6.45, 7) is 1.33. The first-order chi connectivity index (χ1) is 9.99. The molecule has 2 amide bonds. The molecule has 0 spiro atoms. The van der Waals surface area contributed by atoms with Crippen molar-refractivity contribution in [2.45, 2.75) is 44.4 Å². The number of benzene rings is 1. The summed E-state index contributed by atoms with van der Waals surface area (Å²) in [6, 6.07) is 5.88. The molecule has 1 aromatic carbocycles. The summed E-state index contributed by atoms with van der Waals surface area (Å²) in [5.41, 5.74) is 2.28. The van der Waals surface area contributed by atoms with E-state index in [0.29, 0.717) is 0 Å². The Kier molecular flexibility index (Phi) is 4.80. The van der Waals surface area contributed by atoms with Gasteiger partial charge in [-0.05, 0) is 37.3 Å². The highest BCUT2D eigenvalue weighted by atomic mass is 16.4. The molecule has 3 atom stereocenters. The molecule has 1 aliphatic rings. The first-order valence-electron chi connectivity index (χ1n) is 7.04. The number of aryl methyl sites for hydroxylation is 1. The number of hydrogen-bond acceptors (Lipinski definition) is 3. The van der Waals surface area contributed by atoms with Gasteiger partial charge in [0.25, 0.3) is 0 Å². The number of nitrogens with one attached hydrogen (secondary N) is 2. The van der Waals surface area contributed by atoms with E-state index in [1.165, 1.54) is 12.5 Å². The fraction of sp³-hybridized carbons (Fsp3) is 0.467. The number of amides is 2. The van der Waals surface area contributed by atoms with Crippen LogP contribution in [0.4, 0.5) is 4.79 Å². The van der Waals surface area contributed by atoms with Gasteiger partial charge in [-0.2, -0.15) is 0 Å². The van der Waals surface area contributed by atoms with Crippen molar-refractivity contribution >= 4 is 12.0 Å². The number of carbonyl (C=O) groups excluding carboxylic acids is 1. The van der Waals surface area contributed by atoms with Gasteiger partial charge >= 0.3 is 12.0 Å². The number of carbonyl (C=O) groups is 2. The van der Waals surface area contributed by atoms with Crippen molar-refractivity contribution in [2.75, 3.05) is 0 Å². The zero-order valence-corrected chi connectivity index (χ0v) is 11.9. The van der Waals surface area contributed by atoms with Gasteiger partial charge in [0.1, 0.15) is 0 Å². The summed E-state index contributed by atoms with van der Waals surface area (Å²) in [6.07, 6.45) is 1.62. The van der Waals surface area contributed by atoms with Crippen molar-refractivity contribution in [2.24, 2.45) is 0 Å². The van der Waals surface area contributed by atoms with E-state index in [1.807, 2.05) is 24.3 Å². The van der Waals surface area contributed by atoms with Crippen molar-refractivity contribution in [3.8, 4) is 0 Å². The Morgan fingerprint density at radius 2 is 2.05 bits per heavy atom. The SMILES string of the molecule is CC(O)C(NC(=O)NC1CCCc2ccccc21)C(=O)O. The average molecular weight is 292 g/mol. The second kappa shape index (κ2) is 6.58. The summed E-state index contributed by atoms with van der Waals surface area (Å²) in [4.78, 5) is 22.9. The van der Waals surface area contributed by atoms with Crippen LogP contribution < -0.4 is 10.6 Å². The summed E-state index contributed by atoms with van der Waals surface area (Å²) in [5, 5.41) is 23.4. The largest absolute Gasteiger partial charge is 0.480 e. The third-order valence-electron chi connectivity index (χ3n) is 3.71. The molecule has 0 bridgehead atoms. The molecule has 21 heavy (non-hydrogen) atoms. The number of aliphatic hydroxyl groups is 1. The molecule has 4 N–H and O–H groups in total. The molecular formula is C15H20N2O4. The van der Waals surface area contributed by atoms with E-state index in [2.05, 4.69) is 10.6 Å². The predicted molar refractivity (Wildman–Crippen MR) is 76.9 cm³/mol. The standard InChI is InChI=1S/C15H20N2O4/c1-9(18)13(14(19)20)17-15(21)16-12-8-4-6-10-5-2-3-7-11(10)12/h2-3,5,7,9,12-13,18H,4,6,8H2,1H3,(H,19,20)(H2,16,17,21). The van der Waals surface area contributed by atoms with Gasteiger partial charge in [0.05, 0.1) is 12.1 Å². The molecule has 6 heteroatoms. The van der Waals surface area contributed by atoms with Gasteiger partial charge < -0.3 is 20.8 Å². The zero-order valence-electron chi connectivity index (χ0n) is 11.9. The molecular weight excluding hydrogens is 272 g/mol.